The third kappa shape index (κ3) is 4.89. The minimum absolute atomic E-state index is 0.0523. The van der Waals surface area contributed by atoms with Gasteiger partial charge in [0.2, 0.25) is 0 Å². The summed E-state index contributed by atoms with van der Waals surface area (Å²) in [4.78, 5) is 24.3. The lowest BCUT2D eigenvalue weighted by Gasteiger charge is -2.26. The summed E-state index contributed by atoms with van der Waals surface area (Å²) in [5, 5.41) is 11.7. The summed E-state index contributed by atoms with van der Waals surface area (Å²) in [6, 6.07) is 16.4. The first-order valence-electron chi connectivity index (χ1n) is 9.27. The number of aryl methyl sites for hydroxylation is 1. The first kappa shape index (κ1) is 19.4. The van der Waals surface area contributed by atoms with Crippen molar-refractivity contribution >= 4 is 11.9 Å². The summed E-state index contributed by atoms with van der Waals surface area (Å²) in [5.74, 6) is -0.504. The topological polar surface area (TPSA) is 88.4 Å². The molecule has 1 aliphatic carbocycles. The Balaban J connectivity index is 1.47. The molecule has 0 fully saturated rings. The second-order valence-electron chi connectivity index (χ2n) is 6.72. The van der Waals surface area contributed by atoms with Crippen LogP contribution < -0.4 is 10.1 Å². The van der Waals surface area contributed by atoms with E-state index in [1.54, 1.807) is 31.2 Å². The highest BCUT2D eigenvalue weighted by atomic mass is 16.6. The lowest BCUT2D eigenvalue weighted by molar-refractivity contribution is -0.154. The van der Waals surface area contributed by atoms with Crippen LogP contribution in [0.25, 0.3) is 0 Å². The first-order chi connectivity index (χ1) is 13.6. The second kappa shape index (κ2) is 9.05. The van der Waals surface area contributed by atoms with E-state index in [0.29, 0.717) is 11.3 Å². The largest absolute Gasteiger partial charge is 0.479 e. The van der Waals surface area contributed by atoms with Gasteiger partial charge in [0.1, 0.15) is 5.75 Å². The number of hydrogen-bond donors (Lipinski definition) is 1. The van der Waals surface area contributed by atoms with E-state index in [9.17, 15) is 9.59 Å². The van der Waals surface area contributed by atoms with Gasteiger partial charge < -0.3 is 14.8 Å². The number of rotatable bonds is 6. The summed E-state index contributed by atoms with van der Waals surface area (Å²) in [5.41, 5.74) is 2.88. The highest BCUT2D eigenvalue weighted by Gasteiger charge is 2.23. The van der Waals surface area contributed by atoms with E-state index in [-0.39, 0.29) is 18.6 Å². The molecule has 2 atom stereocenters. The maximum atomic E-state index is 12.2. The van der Waals surface area contributed by atoms with E-state index < -0.39 is 12.1 Å². The van der Waals surface area contributed by atoms with Gasteiger partial charge in [0.05, 0.1) is 17.7 Å². The summed E-state index contributed by atoms with van der Waals surface area (Å²) in [6.07, 6.45) is 2.03. The van der Waals surface area contributed by atoms with Crippen molar-refractivity contribution in [2.45, 2.75) is 38.3 Å². The smallest absolute Gasteiger partial charge is 0.347 e. The molecule has 2 aromatic rings. The molecule has 1 N–H and O–H groups in total. The average molecular weight is 378 g/mol. The molecule has 0 saturated carbocycles. The zero-order valence-electron chi connectivity index (χ0n) is 15.7. The number of ether oxygens (including phenoxy) is 2. The summed E-state index contributed by atoms with van der Waals surface area (Å²) in [6.45, 7) is 1.20. The Kier molecular flexibility index (Phi) is 6.28. The van der Waals surface area contributed by atoms with Gasteiger partial charge in [0.25, 0.3) is 5.91 Å². The minimum atomic E-state index is -0.865. The fourth-order valence-corrected chi connectivity index (χ4v) is 3.25. The lowest BCUT2D eigenvalue weighted by atomic mass is 9.88. The van der Waals surface area contributed by atoms with Crippen molar-refractivity contribution in [1.82, 2.24) is 5.32 Å². The van der Waals surface area contributed by atoms with Gasteiger partial charge in [-0.05, 0) is 61.6 Å². The van der Waals surface area contributed by atoms with E-state index in [2.05, 4.69) is 11.4 Å². The Morgan fingerprint density at radius 3 is 2.71 bits per heavy atom. The number of amides is 1. The molecule has 0 bridgehead atoms. The molecule has 144 valence electrons. The molecule has 0 saturated heterocycles. The van der Waals surface area contributed by atoms with Gasteiger partial charge in [-0.3, -0.25) is 4.79 Å². The molecular formula is C22H22N2O4. The Morgan fingerprint density at radius 2 is 1.96 bits per heavy atom. The summed E-state index contributed by atoms with van der Waals surface area (Å²) >= 11 is 0. The van der Waals surface area contributed by atoms with Crippen LogP contribution in [0.2, 0.25) is 0 Å². The fourth-order valence-electron chi connectivity index (χ4n) is 3.25. The molecule has 0 heterocycles. The monoisotopic (exact) mass is 378 g/mol. The van der Waals surface area contributed by atoms with Gasteiger partial charge >= 0.3 is 5.97 Å². The van der Waals surface area contributed by atoms with Crippen LogP contribution in [0.15, 0.2) is 48.5 Å². The van der Waals surface area contributed by atoms with E-state index in [1.165, 1.54) is 5.56 Å². The number of benzene rings is 2. The Morgan fingerprint density at radius 1 is 1.21 bits per heavy atom. The van der Waals surface area contributed by atoms with Gasteiger partial charge in [0.15, 0.2) is 12.7 Å². The van der Waals surface area contributed by atoms with Gasteiger partial charge in [-0.15, -0.1) is 0 Å². The standard InChI is InChI=1S/C22H22N2O4/c1-15(28-18-11-9-16(13-23)10-12-18)22(26)27-14-21(25)24-20-8-4-6-17-5-2-3-7-19(17)20/h2-3,5,7,9-12,15,20H,4,6,8,14H2,1H3,(H,24,25)/t15-,20+/m0/s1. The maximum absolute atomic E-state index is 12.2. The molecule has 3 rings (SSSR count). The third-order valence-electron chi connectivity index (χ3n) is 4.68. The van der Waals surface area contributed by atoms with E-state index in [0.717, 1.165) is 24.8 Å². The number of nitrogens with one attached hydrogen (secondary N) is 1. The number of hydrogen-bond acceptors (Lipinski definition) is 5. The van der Waals surface area contributed by atoms with Crippen LogP contribution in [0, 0.1) is 11.3 Å². The molecule has 0 aliphatic heterocycles. The number of nitrogens with zero attached hydrogens (tertiary/aromatic N) is 1. The lowest BCUT2D eigenvalue weighted by Crippen LogP contribution is -2.36. The van der Waals surface area contributed by atoms with Gasteiger partial charge in [-0.2, -0.15) is 5.26 Å². The van der Waals surface area contributed by atoms with Crippen LogP contribution in [0.5, 0.6) is 5.75 Å². The van der Waals surface area contributed by atoms with Crippen molar-refractivity contribution in [1.29, 1.82) is 5.26 Å². The van der Waals surface area contributed by atoms with Gasteiger partial charge in [0, 0.05) is 0 Å². The molecule has 28 heavy (non-hydrogen) atoms. The third-order valence-corrected chi connectivity index (χ3v) is 4.68. The van der Waals surface area contributed by atoms with E-state index in [1.807, 2.05) is 24.3 Å². The highest BCUT2D eigenvalue weighted by Crippen LogP contribution is 2.29. The molecule has 6 heteroatoms. The van der Waals surface area contributed by atoms with Crippen molar-refractivity contribution in [2.75, 3.05) is 6.61 Å². The number of carbonyl (C=O) groups is 2. The van der Waals surface area contributed by atoms with Crippen molar-refractivity contribution < 1.29 is 19.1 Å². The Bertz CT molecular complexity index is 886. The van der Waals surface area contributed by atoms with Gasteiger partial charge in [-0.1, -0.05) is 24.3 Å². The van der Waals surface area contributed by atoms with Crippen molar-refractivity contribution in [3.05, 3.63) is 65.2 Å². The van der Waals surface area contributed by atoms with Crippen molar-refractivity contribution in [3.8, 4) is 11.8 Å². The normalized spacial score (nSPS) is 16.2. The second-order valence-corrected chi connectivity index (χ2v) is 6.72. The SMILES string of the molecule is C[C@H](Oc1ccc(C#N)cc1)C(=O)OCC(=O)N[C@@H]1CCCc2ccccc21. The van der Waals surface area contributed by atoms with Crippen LogP contribution >= 0.6 is 0 Å². The predicted molar refractivity (Wildman–Crippen MR) is 102 cm³/mol. The summed E-state index contributed by atoms with van der Waals surface area (Å²) < 4.78 is 10.6. The minimum Gasteiger partial charge on any atom is -0.479 e. The number of esters is 1. The molecular weight excluding hydrogens is 356 g/mol. The fraction of sp³-hybridized carbons (Fsp3) is 0.318. The van der Waals surface area contributed by atoms with Crippen LogP contribution in [-0.4, -0.2) is 24.6 Å². The van der Waals surface area contributed by atoms with E-state index >= 15 is 0 Å². The van der Waals surface area contributed by atoms with Crippen molar-refractivity contribution in [2.24, 2.45) is 0 Å². The molecule has 0 spiro atoms. The van der Waals surface area contributed by atoms with Crippen molar-refractivity contribution in [3.63, 3.8) is 0 Å². The highest BCUT2D eigenvalue weighted by molar-refractivity contribution is 5.82. The quantitative estimate of drug-likeness (QED) is 0.781. The average Bonchev–Trinajstić information content (AvgIpc) is 2.73. The molecule has 1 aliphatic rings. The summed E-state index contributed by atoms with van der Waals surface area (Å²) in [7, 11) is 0. The molecule has 1 amide bonds. The number of nitriles is 1. The van der Waals surface area contributed by atoms with Crippen LogP contribution in [0.4, 0.5) is 0 Å². The Labute approximate surface area is 164 Å². The molecule has 0 aromatic heterocycles. The van der Waals surface area contributed by atoms with Crippen LogP contribution in [0.1, 0.15) is 42.5 Å². The number of carbonyl (C=O) groups excluding carboxylic acids is 2. The molecule has 0 radical (unpaired) electrons. The zero-order chi connectivity index (χ0) is 19.9. The molecule has 6 nitrogen and oxygen atoms in total. The van der Waals surface area contributed by atoms with Crippen LogP contribution in [-0.2, 0) is 20.7 Å². The van der Waals surface area contributed by atoms with Gasteiger partial charge in [-0.25, -0.2) is 4.79 Å². The van der Waals surface area contributed by atoms with Crippen LogP contribution in [0.3, 0.4) is 0 Å². The molecule has 2 aromatic carbocycles. The van der Waals surface area contributed by atoms with E-state index in [4.69, 9.17) is 14.7 Å². The zero-order valence-corrected chi connectivity index (χ0v) is 15.7. The predicted octanol–water partition coefficient (Wildman–Crippen LogP) is 3.06. The Hall–Kier alpha value is -3.33. The number of fused-ring (bicyclic) bond motifs is 1. The first-order valence-corrected chi connectivity index (χ1v) is 9.27. The molecule has 0 unspecified atom stereocenters. The maximum Gasteiger partial charge on any atom is 0.347 e.